The van der Waals surface area contributed by atoms with Gasteiger partial charge in [-0.15, -0.1) is 0 Å². The van der Waals surface area contributed by atoms with Crippen molar-refractivity contribution in [3.05, 3.63) is 62.6 Å². The fourth-order valence-corrected chi connectivity index (χ4v) is 2.12. The monoisotopic (exact) mass is 359 g/mol. The maximum Gasteiger partial charge on any atom is 0.255 e. The van der Waals surface area contributed by atoms with Crippen molar-refractivity contribution in [3.63, 3.8) is 0 Å². The summed E-state index contributed by atoms with van der Waals surface area (Å²) in [5, 5.41) is 2.15. The van der Waals surface area contributed by atoms with Gasteiger partial charge in [0.05, 0.1) is 10.7 Å². The van der Waals surface area contributed by atoms with Crippen molar-refractivity contribution < 1.29 is 13.6 Å². The molecule has 0 unspecified atom stereocenters. The van der Waals surface area contributed by atoms with Gasteiger partial charge in [-0.25, -0.2) is 8.78 Å². The summed E-state index contributed by atoms with van der Waals surface area (Å²) in [5.74, 6) is -2.24. The third-order valence-electron chi connectivity index (χ3n) is 2.67. The molecular weight excluding hydrogens is 352 g/mol. The van der Waals surface area contributed by atoms with Crippen LogP contribution in [-0.4, -0.2) is 5.91 Å². The highest BCUT2D eigenvalue weighted by Gasteiger charge is 2.14. The first-order valence-corrected chi connectivity index (χ1v) is 6.77. The van der Waals surface area contributed by atoms with E-state index in [1.807, 2.05) is 6.92 Å². The number of amides is 1. The predicted molar refractivity (Wildman–Crippen MR) is 78.2 cm³/mol. The van der Waals surface area contributed by atoms with Crippen molar-refractivity contribution in [1.29, 1.82) is 0 Å². The maximum absolute atomic E-state index is 13.6. The summed E-state index contributed by atoms with van der Waals surface area (Å²) in [6.07, 6.45) is 0. The quantitative estimate of drug-likeness (QED) is 0.807. The topological polar surface area (TPSA) is 29.1 Å². The van der Waals surface area contributed by atoms with Crippen LogP contribution in [-0.2, 0) is 0 Å². The SMILES string of the molecule is Cc1cc(C(=O)Nc2c(F)cc(F)cc2Cl)ccc1Br. The van der Waals surface area contributed by atoms with Crippen molar-refractivity contribution >= 4 is 39.1 Å². The molecule has 0 fully saturated rings. The van der Waals surface area contributed by atoms with E-state index in [0.29, 0.717) is 11.6 Å². The average molecular weight is 361 g/mol. The van der Waals surface area contributed by atoms with Crippen molar-refractivity contribution in [2.24, 2.45) is 0 Å². The second kappa shape index (κ2) is 5.89. The zero-order valence-electron chi connectivity index (χ0n) is 10.3. The smallest absolute Gasteiger partial charge is 0.255 e. The Morgan fingerprint density at radius 2 is 1.95 bits per heavy atom. The van der Waals surface area contributed by atoms with Gasteiger partial charge in [0.2, 0.25) is 0 Å². The van der Waals surface area contributed by atoms with Crippen molar-refractivity contribution in [3.8, 4) is 0 Å². The Bertz CT molecular complexity index is 668. The fourth-order valence-electron chi connectivity index (χ4n) is 1.63. The molecule has 0 aromatic heterocycles. The minimum atomic E-state index is -0.919. The molecular formula is C14H9BrClF2NO. The van der Waals surface area contributed by atoms with Gasteiger partial charge in [-0.3, -0.25) is 4.79 Å². The lowest BCUT2D eigenvalue weighted by Crippen LogP contribution is -2.13. The van der Waals surface area contributed by atoms with Gasteiger partial charge in [-0.1, -0.05) is 27.5 Å². The first-order valence-electron chi connectivity index (χ1n) is 5.60. The highest BCUT2D eigenvalue weighted by molar-refractivity contribution is 9.10. The maximum atomic E-state index is 13.6. The zero-order chi connectivity index (χ0) is 14.9. The molecule has 0 atom stereocenters. The molecule has 2 nitrogen and oxygen atoms in total. The number of carbonyl (C=O) groups is 1. The van der Waals surface area contributed by atoms with E-state index in [2.05, 4.69) is 21.2 Å². The van der Waals surface area contributed by atoms with Crippen LogP contribution < -0.4 is 5.32 Å². The number of hydrogen-bond donors (Lipinski definition) is 1. The number of halogens is 4. The molecule has 0 aliphatic rings. The van der Waals surface area contributed by atoms with Gasteiger partial charge in [0, 0.05) is 16.1 Å². The Balaban J connectivity index is 2.30. The van der Waals surface area contributed by atoms with E-state index in [1.54, 1.807) is 18.2 Å². The third kappa shape index (κ3) is 3.16. The second-order valence-corrected chi connectivity index (χ2v) is 5.42. The first-order chi connectivity index (χ1) is 9.38. The van der Waals surface area contributed by atoms with Gasteiger partial charge >= 0.3 is 0 Å². The highest BCUT2D eigenvalue weighted by Crippen LogP contribution is 2.27. The van der Waals surface area contributed by atoms with Gasteiger partial charge < -0.3 is 5.32 Å². The number of anilines is 1. The summed E-state index contributed by atoms with van der Waals surface area (Å²) >= 11 is 9.04. The van der Waals surface area contributed by atoms with Crippen LogP contribution in [0.2, 0.25) is 5.02 Å². The van der Waals surface area contributed by atoms with E-state index in [1.165, 1.54) is 0 Å². The van der Waals surface area contributed by atoms with E-state index >= 15 is 0 Å². The molecule has 6 heteroatoms. The molecule has 1 N–H and O–H groups in total. The summed E-state index contributed by atoms with van der Waals surface area (Å²) in [4.78, 5) is 12.0. The van der Waals surface area contributed by atoms with Crippen LogP contribution in [0.25, 0.3) is 0 Å². The van der Waals surface area contributed by atoms with Gasteiger partial charge in [0.1, 0.15) is 5.82 Å². The van der Waals surface area contributed by atoms with Gasteiger partial charge in [-0.2, -0.15) is 0 Å². The van der Waals surface area contributed by atoms with Gasteiger partial charge in [0.25, 0.3) is 5.91 Å². The Morgan fingerprint density at radius 3 is 2.55 bits per heavy atom. The van der Waals surface area contributed by atoms with Crippen LogP contribution in [0.15, 0.2) is 34.8 Å². The predicted octanol–water partition coefficient (Wildman–Crippen LogP) is 4.94. The molecule has 0 saturated carbocycles. The van der Waals surface area contributed by atoms with E-state index < -0.39 is 17.5 Å². The molecule has 104 valence electrons. The van der Waals surface area contributed by atoms with E-state index in [9.17, 15) is 13.6 Å². The second-order valence-electron chi connectivity index (χ2n) is 4.16. The molecule has 1 amide bonds. The molecule has 2 aromatic rings. The number of aryl methyl sites for hydroxylation is 1. The molecule has 2 rings (SSSR count). The van der Waals surface area contributed by atoms with Crippen LogP contribution in [0.1, 0.15) is 15.9 Å². The van der Waals surface area contributed by atoms with Crippen LogP contribution >= 0.6 is 27.5 Å². The van der Waals surface area contributed by atoms with Crippen LogP contribution in [0.5, 0.6) is 0 Å². The van der Waals surface area contributed by atoms with Crippen molar-refractivity contribution in [2.75, 3.05) is 5.32 Å². The van der Waals surface area contributed by atoms with Crippen LogP contribution in [0.3, 0.4) is 0 Å². The zero-order valence-corrected chi connectivity index (χ0v) is 12.6. The lowest BCUT2D eigenvalue weighted by atomic mass is 10.1. The van der Waals surface area contributed by atoms with E-state index in [4.69, 9.17) is 11.6 Å². The normalized spacial score (nSPS) is 10.4. The largest absolute Gasteiger partial charge is 0.318 e. The summed E-state index contributed by atoms with van der Waals surface area (Å²) in [7, 11) is 0. The summed E-state index contributed by atoms with van der Waals surface area (Å²) in [5.41, 5.74) is 0.979. The minimum absolute atomic E-state index is 0.190. The van der Waals surface area contributed by atoms with Crippen molar-refractivity contribution in [1.82, 2.24) is 0 Å². The van der Waals surface area contributed by atoms with Gasteiger partial charge in [0.15, 0.2) is 5.82 Å². The number of carbonyl (C=O) groups excluding carboxylic acids is 1. The van der Waals surface area contributed by atoms with Crippen molar-refractivity contribution in [2.45, 2.75) is 6.92 Å². The molecule has 0 heterocycles. The molecule has 0 spiro atoms. The summed E-state index contributed by atoms with van der Waals surface area (Å²) in [6, 6.07) is 6.55. The number of hydrogen-bond acceptors (Lipinski definition) is 1. The number of benzene rings is 2. The van der Waals surface area contributed by atoms with E-state index in [-0.39, 0.29) is 10.7 Å². The summed E-state index contributed by atoms with van der Waals surface area (Å²) < 4.78 is 27.4. The Kier molecular flexibility index (Phi) is 4.40. The Hall–Kier alpha value is -1.46. The molecule has 0 aliphatic heterocycles. The molecule has 2 aromatic carbocycles. The van der Waals surface area contributed by atoms with Crippen LogP contribution in [0.4, 0.5) is 14.5 Å². The standard InChI is InChI=1S/C14H9BrClF2NO/c1-7-4-8(2-3-10(7)15)14(20)19-13-11(16)5-9(17)6-12(13)18/h2-6H,1H3,(H,19,20). The van der Waals surface area contributed by atoms with E-state index in [0.717, 1.165) is 16.1 Å². The van der Waals surface area contributed by atoms with Crippen LogP contribution in [0, 0.1) is 18.6 Å². The molecule has 0 radical (unpaired) electrons. The molecule has 0 bridgehead atoms. The minimum Gasteiger partial charge on any atom is -0.318 e. The average Bonchev–Trinajstić information content (AvgIpc) is 2.36. The lowest BCUT2D eigenvalue weighted by molar-refractivity contribution is 0.102. The lowest BCUT2D eigenvalue weighted by Gasteiger charge is -2.09. The first kappa shape index (κ1) is 14.9. The van der Waals surface area contributed by atoms with Gasteiger partial charge in [-0.05, 0) is 36.8 Å². The third-order valence-corrected chi connectivity index (χ3v) is 3.85. The number of nitrogens with one attached hydrogen (secondary N) is 1. The molecule has 0 saturated heterocycles. The summed E-state index contributed by atoms with van der Waals surface area (Å²) in [6.45, 7) is 1.83. The molecule has 20 heavy (non-hydrogen) atoms. The molecule has 0 aliphatic carbocycles. The Morgan fingerprint density at radius 1 is 1.25 bits per heavy atom. The fraction of sp³-hybridized carbons (Fsp3) is 0.0714. The highest BCUT2D eigenvalue weighted by atomic mass is 79.9. The Labute approximate surface area is 127 Å². The number of rotatable bonds is 2.